The lowest BCUT2D eigenvalue weighted by Gasteiger charge is -2.34. The zero-order valence-electron chi connectivity index (χ0n) is 19.9. The lowest BCUT2D eigenvalue weighted by molar-refractivity contribution is -0.182. The van der Waals surface area contributed by atoms with Crippen molar-refractivity contribution in [3.8, 4) is 11.8 Å². The predicted octanol–water partition coefficient (Wildman–Crippen LogP) is 3.06. The number of thiol groups is 1. The van der Waals surface area contributed by atoms with Crippen molar-refractivity contribution >= 4 is 24.5 Å². The second-order valence-electron chi connectivity index (χ2n) is 8.61. The molecule has 8 heteroatoms. The number of nitrogens with zero attached hydrogens (tertiary/aromatic N) is 1. The van der Waals surface area contributed by atoms with Crippen LogP contribution in [0.5, 0.6) is 0 Å². The minimum absolute atomic E-state index is 0.214. The Labute approximate surface area is 216 Å². The first-order valence-corrected chi connectivity index (χ1v) is 12.2. The van der Waals surface area contributed by atoms with Gasteiger partial charge in [0.25, 0.3) is 0 Å². The molecule has 0 bridgehead atoms. The summed E-state index contributed by atoms with van der Waals surface area (Å²) in [5.74, 6) is 4.85. The van der Waals surface area contributed by atoms with Crippen molar-refractivity contribution < 1.29 is 19.2 Å². The van der Waals surface area contributed by atoms with Gasteiger partial charge in [-0.3, -0.25) is 14.9 Å². The van der Waals surface area contributed by atoms with Crippen LogP contribution in [0.15, 0.2) is 78.7 Å². The van der Waals surface area contributed by atoms with Crippen LogP contribution in [-0.2, 0) is 20.9 Å². The van der Waals surface area contributed by atoms with Crippen LogP contribution in [0.4, 0.5) is 0 Å². The fraction of sp³-hybridized carbons (Fsp3) is 0.286. The number of nitrogens with one attached hydrogen (secondary N) is 2. The van der Waals surface area contributed by atoms with Crippen LogP contribution in [0.3, 0.4) is 0 Å². The third-order valence-corrected chi connectivity index (χ3v) is 6.16. The molecule has 2 aliphatic rings. The zero-order chi connectivity index (χ0) is 25.5. The molecule has 0 aromatic heterocycles. The molecule has 0 radical (unpaired) electrons. The Kier molecular flexibility index (Phi) is 8.62. The van der Waals surface area contributed by atoms with Gasteiger partial charge >= 0.3 is 5.97 Å². The largest absolute Gasteiger partial charge is 0.458 e. The van der Waals surface area contributed by atoms with E-state index in [-0.39, 0.29) is 5.91 Å². The van der Waals surface area contributed by atoms with E-state index >= 15 is 0 Å². The van der Waals surface area contributed by atoms with Crippen molar-refractivity contribution in [2.45, 2.75) is 31.3 Å². The molecule has 2 aromatic rings. The van der Waals surface area contributed by atoms with Crippen molar-refractivity contribution in [2.75, 3.05) is 13.1 Å². The highest BCUT2D eigenvalue weighted by Gasteiger charge is 2.53. The molecule has 2 aliphatic heterocycles. The van der Waals surface area contributed by atoms with Gasteiger partial charge in [-0.05, 0) is 36.2 Å². The van der Waals surface area contributed by atoms with Gasteiger partial charge in [-0.2, -0.15) is 5.06 Å². The number of allylic oxidation sites excluding steroid dienone is 1. The van der Waals surface area contributed by atoms with E-state index in [1.54, 1.807) is 35.4 Å². The van der Waals surface area contributed by atoms with E-state index in [4.69, 9.17) is 9.57 Å². The molecule has 2 N–H and O–H groups in total. The van der Waals surface area contributed by atoms with Crippen LogP contribution < -0.4 is 10.6 Å². The van der Waals surface area contributed by atoms with Crippen LogP contribution in [0.1, 0.15) is 27.9 Å². The zero-order valence-corrected chi connectivity index (χ0v) is 20.7. The van der Waals surface area contributed by atoms with E-state index in [0.717, 1.165) is 11.1 Å². The SMILES string of the molecule is C=CCNC(=O)C1C2C(OC(=O)c3ccccc3)CCNC2ON1Cc1cccc(C#CC(=C)S)c1. The number of esters is 1. The predicted molar refractivity (Wildman–Crippen MR) is 141 cm³/mol. The van der Waals surface area contributed by atoms with Crippen LogP contribution in [0.25, 0.3) is 0 Å². The molecule has 0 spiro atoms. The number of rotatable bonds is 7. The quantitative estimate of drug-likeness (QED) is 0.233. The smallest absolute Gasteiger partial charge is 0.338 e. The van der Waals surface area contributed by atoms with Gasteiger partial charge in [-0.1, -0.05) is 54.8 Å². The number of amides is 1. The third-order valence-electron chi connectivity index (χ3n) is 6.05. The topological polar surface area (TPSA) is 79.9 Å². The molecular weight excluding hydrogens is 474 g/mol. The highest BCUT2D eigenvalue weighted by atomic mass is 32.1. The van der Waals surface area contributed by atoms with Gasteiger partial charge in [0.05, 0.1) is 18.0 Å². The van der Waals surface area contributed by atoms with Gasteiger partial charge in [0, 0.05) is 23.6 Å². The van der Waals surface area contributed by atoms with Gasteiger partial charge in [0.1, 0.15) is 18.4 Å². The summed E-state index contributed by atoms with van der Waals surface area (Å²) >= 11 is 4.12. The number of benzene rings is 2. The first-order chi connectivity index (χ1) is 17.5. The van der Waals surface area contributed by atoms with E-state index in [0.29, 0.717) is 36.5 Å². The molecule has 4 atom stereocenters. The Morgan fingerprint density at radius 3 is 2.81 bits per heavy atom. The van der Waals surface area contributed by atoms with Gasteiger partial charge in [0.2, 0.25) is 5.91 Å². The standard InChI is InChI=1S/C28H29N3O4S/c1-3-15-29-26(32)25-24-23(34-28(33)22-10-5-4-6-11-22)14-16-30-27(24)35-31(25)18-21-9-7-8-20(17-21)13-12-19(2)36/h3-11,17,23-25,27,30,36H,1-2,14-16,18H2,(H,29,32). The van der Waals surface area contributed by atoms with E-state index in [1.807, 2.05) is 30.3 Å². The molecule has 36 heavy (non-hydrogen) atoms. The molecule has 7 nitrogen and oxygen atoms in total. The maximum Gasteiger partial charge on any atom is 0.338 e. The number of carbonyl (C=O) groups is 2. The normalized spacial score (nSPS) is 23.0. The Bertz CT molecular complexity index is 1190. The highest BCUT2D eigenvalue weighted by molar-refractivity contribution is 7.84. The van der Waals surface area contributed by atoms with Crippen LogP contribution in [-0.4, -0.2) is 48.4 Å². The number of fused-ring (bicyclic) bond motifs is 1. The Hall–Kier alpha value is -3.35. The second-order valence-corrected chi connectivity index (χ2v) is 9.15. The van der Waals surface area contributed by atoms with E-state index in [2.05, 4.69) is 48.3 Å². The van der Waals surface area contributed by atoms with E-state index < -0.39 is 30.3 Å². The summed E-state index contributed by atoms with van der Waals surface area (Å²) < 4.78 is 5.93. The van der Waals surface area contributed by atoms with Crippen LogP contribution >= 0.6 is 12.6 Å². The van der Waals surface area contributed by atoms with Gasteiger partial charge in [-0.15, -0.1) is 19.2 Å². The Morgan fingerprint density at radius 2 is 2.06 bits per heavy atom. The average Bonchev–Trinajstić information content (AvgIpc) is 3.25. The molecule has 2 fully saturated rings. The fourth-order valence-electron chi connectivity index (χ4n) is 4.48. The third kappa shape index (κ3) is 6.25. The maximum absolute atomic E-state index is 13.3. The van der Waals surface area contributed by atoms with E-state index in [1.165, 1.54) is 0 Å². The highest BCUT2D eigenvalue weighted by Crippen LogP contribution is 2.36. The fourth-order valence-corrected chi connectivity index (χ4v) is 4.53. The molecular formula is C28H29N3O4S. The molecule has 2 saturated heterocycles. The summed E-state index contributed by atoms with van der Waals surface area (Å²) in [5, 5.41) is 7.88. The summed E-state index contributed by atoms with van der Waals surface area (Å²) in [4.78, 5) is 32.9. The van der Waals surface area contributed by atoms with Crippen LogP contribution in [0, 0.1) is 17.8 Å². The first-order valence-electron chi connectivity index (χ1n) is 11.8. The summed E-state index contributed by atoms with van der Waals surface area (Å²) in [7, 11) is 0. The monoisotopic (exact) mass is 503 g/mol. The van der Waals surface area contributed by atoms with Crippen molar-refractivity contribution in [1.29, 1.82) is 0 Å². The Balaban J connectivity index is 1.58. The number of carbonyl (C=O) groups excluding carboxylic acids is 2. The minimum Gasteiger partial charge on any atom is -0.458 e. The number of hydroxylamine groups is 2. The van der Waals surface area contributed by atoms with Gasteiger partial charge < -0.3 is 10.1 Å². The number of hydrogen-bond donors (Lipinski definition) is 3. The molecule has 186 valence electrons. The number of piperidine rings is 1. The van der Waals surface area contributed by atoms with Gasteiger partial charge in [-0.25, -0.2) is 4.79 Å². The van der Waals surface area contributed by atoms with Gasteiger partial charge in [0.15, 0.2) is 0 Å². The molecule has 4 unspecified atom stereocenters. The van der Waals surface area contributed by atoms with Crippen molar-refractivity contribution in [1.82, 2.24) is 15.7 Å². The minimum atomic E-state index is -0.678. The summed E-state index contributed by atoms with van der Waals surface area (Å²) in [6, 6.07) is 15.9. The second kappa shape index (κ2) is 12.1. The molecule has 0 aliphatic carbocycles. The van der Waals surface area contributed by atoms with Crippen molar-refractivity contribution in [3.05, 3.63) is 95.4 Å². The molecule has 0 saturated carbocycles. The van der Waals surface area contributed by atoms with Crippen molar-refractivity contribution in [2.24, 2.45) is 5.92 Å². The van der Waals surface area contributed by atoms with Crippen molar-refractivity contribution in [3.63, 3.8) is 0 Å². The number of ether oxygens (including phenoxy) is 1. The maximum atomic E-state index is 13.3. The molecule has 2 heterocycles. The molecule has 4 rings (SSSR count). The molecule has 1 amide bonds. The Morgan fingerprint density at radius 1 is 1.25 bits per heavy atom. The first kappa shape index (κ1) is 25.7. The lowest BCUT2D eigenvalue weighted by atomic mass is 9.87. The summed E-state index contributed by atoms with van der Waals surface area (Å²) in [6.45, 7) is 8.64. The number of hydrogen-bond acceptors (Lipinski definition) is 7. The average molecular weight is 504 g/mol. The molecule has 2 aromatic carbocycles. The van der Waals surface area contributed by atoms with Crippen LogP contribution in [0.2, 0.25) is 0 Å². The summed E-state index contributed by atoms with van der Waals surface area (Å²) in [5.41, 5.74) is 2.20. The lowest BCUT2D eigenvalue weighted by Crippen LogP contribution is -2.55. The summed E-state index contributed by atoms with van der Waals surface area (Å²) in [6.07, 6.45) is 1.23. The van der Waals surface area contributed by atoms with E-state index in [9.17, 15) is 9.59 Å².